The number of ether oxygens (including phenoxy) is 2. The van der Waals surface area contributed by atoms with Gasteiger partial charge in [0.05, 0.1) is 17.2 Å². The molecule has 0 spiro atoms. The van der Waals surface area contributed by atoms with Crippen LogP contribution >= 0.6 is 15.9 Å². The van der Waals surface area contributed by atoms with Crippen molar-refractivity contribution < 1.29 is 14.6 Å². The van der Waals surface area contributed by atoms with Crippen molar-refractivity contribution in [3.8, 4) is 11.5 Å². The second-order valence-electron chi connectivity index (χ2n) is 5.59. The highest BCUT2D eigenvalue weighted by Gasteiger charge is 2.12. The van der Waals surface area contributed by atoms with Gasteiger partial charge < -0.3 is 19.9 Å². The van der Waals surface area contributed by atoms with Crippen molar-refractivity contribution in [1.29, 1.82) is 0 Å². The molecule has 130 valence electrons. The van der Waals surface area contributed by atoms with E-state index in [2.05, 4.69) is 21.2 Å². The Balaban J connectivity index is 2.11. The van der Waals surface area contributed by atoms with Crippen LogP contribution in [0.25, 0.3) is 0 Å². The molecule has 0 aliphatic rings. The number of aliphatic hydroxyl groups is 1. The monoisotopic (exact) mass is 393 g/mol. The first-order valence-corrected chi connectivity index (χ1v) is 8.90. The molecule has 0 saturated carbocycles. The molecule has 0 saturated heterocycles. The Bertz CT molecular complexity index is 632. The molecule has 0 amide bonds. The van der Waals surface area contributed by atoms with Gasteiger partial charge in [-0.15, -0.1) is 0 Å². The van der Waals surface area contributed by atoms with Gasteiger partial charge in [0.2, 0.25) is 0 Å². The van der Waals surface area contributed by atoms with Crippen molar-refractivity contribution in [2.75, 3.05) is 13.2 Å². The zero-order valence-corrected chi connectivity index (χ0v) is 15.7. The smallest absolute Gasteiger partial charge is 0.175 e. The molecule has 2 rings (SSSR count). The van der Waals surface area contributed by atoms with Gasteiger partial charge >= 0.3 is 0 Å². The van der Waals surface area contributed by atoms with Crippen LogP contribution in [0.4, 0.5) is 0 Å². The second-order valence-corrected chi connectivity index (χ2v) is 6.45. The molecule has 2 aromatic rings. The molecule has 1 atom stereocenters. The number of halogens is 1. The average Bonchev–Trinajstić information content (AvgIpc) is 2.55. The summed E-state index contributed by atoms with van der Waals surface area (Å²) in [5.74, 6) is 1.43. The fourth-order valence-corrected chi connectivity index (χ4v) is 2.89. The largest absolute Gasteiger partial charge is 0.490 e. The van der Waals surface area contributed by atoms with E-state index in [1.54, 1.807) is 6.92 Å². The van der Waals surface area contributed by atoms with Crippen LogP contribution in [0.15, 0.2) is 46.9 Å². The number of nitrogens with one attached hydrogen (secondary N) is 1. The maximum Gasteiger partial charge on any atom is 0.175 e. The molecular weight excluding hydrogens is 370 g/mol. The molecule has 0 unspecified atom stereocenters. The van der Waals surface area contributed by atoms with E-state index in [-0.39, 0.29) is 6.10 Å². The number of rotatable bonds is 9. The summed E-state index contributed by atoms with van der Waals surface area (Å²) < 4.78 is 12.6. The Labute approximate surface area is 151 Å². The lowest BCUT2D eigenvalue weighted by molar-refractivity contribution is 0.191. The lowest BCUT2D eigenvalue weighted by atomic mass is 10.2. The van der Waals surface area contributed by atoms with Crippen LogP contribution < -0.4 is 14.8 Å². The number of hydrogen-bond acceptors (Lipinski definition) is 4. The summed E-state index contributed by atoms with van der Waals surface area (Å²) in [4.78, 5) is 0. The van der Waals surface area contributed by atoms with Crippen molar-refractivity contribution in [1.82, 2.24) is 5.32 Å². The molecule has 2 aromatic carbocycles. The van der Waals surface area contributed by atoms with E-state index in [9.17, 15) is 5.11 Å². The van der Waals surface area contributed by atoms with E-state index in [0.29, 0.717) is 32.1 Å². The normalized spacial score (nSPS) is 12.0. The summed E-state index contributed by atoms with van der Waals surface area (Å²) in [5, 5.41) is 12.5. The minimum Gasteiger partial charge on any atom is -0.490 e. The first kappa shape index (κ1) is 18.8. The molecule has 2 N–H and O–H groups in total. The van der Waals surface area contributed by atoms with Crippen molar-refractivity contribution in [2.45, 2.75) is 33.1 Å². The van der Waals surface area contributed by atoms with Crippen LogP contribution in [-0.2, 0) is 13.2 Å². The lowest BCUT2D eigenvalue weighted by Crippen LogP contribution is -2.23. The second kappa shape index (κ2) is 9.67. The van der Waals surface area contributed by atoms with Crippen LogP contribution in [0.5, 0.6) is 11.5 Å². The lowest BCUT2D eigenvalue weighted by Gasteiger charge is -2.16. The molecule has 0 aromatic heterocycles. The van der Waals surface area contributed by atoms with Crippen LogP contribution in [0.1, 0.15) is 25.0 Å². The summed E-state index contributed by atoms with van der Waals surface area (Å²) in [6.07, 6.45) is -0.367. The number of hydrogen-bond donors (Lipinski definition) is 2. The Hall–Kier alpha value is -1.56. The van der Waals surface area contributed by atoms with Gasteiger partial charge in [0, 0.05) is 13.1 Å². The third-order valence-corrected chi connectivity index (χ3v) is 3.95. The summed E-state index contributed by atoms with van der Waals surface area (Å²) in [7, 11) is 0. The minimum absolute atomic E-state index is 0.367. The zero-order valence-electron chi connectivity index (χ0n) is 14.1. The first-order valence-electron chi connectivity index (χ1n) is 8.11. The van der Waals surface area contributed by atoms with E-state index in [0.717, 1.165) is 21.3 Å². The standard InChI is InChI=1S/C19H24BrNO3/c1-3-23-18-10-16(12-21-11-14(2)22)9-17(20)19(18)24-13-15-7-5-4-6-8-15/h4-10,14,21-22H,3,11-13H2,1-2H3/t14-/m0/s1. The summed E-state index contributed by atoms with van der Waals surface area (Å²) in [6, 6.07) is 14.0. The molecule has 0 aliphatic heterocycles. The first-order chi connectivity index (χ1) is 11.6. The van der Waals surface area contributed by atoms with Gasteiger partial charge in [-0.2, -0.15) is 0 Å². The van der Waals surface area contributed by atoms with Crippen molar-refractivity contribution in [3.63, 3.8) is 0 Å². The quantitative estimate of drug-likeness (QED) is 0.678. The SMILES string of the molecule is CCOc1cc(CNC[C@H](C)O)cc(Br)c1OCc1ccccc1. The van der Waals surface area contributed by atoms with Gasteiger partial charge in [-0.05, 0) is 53.0 Å². The van der Waals surface area contributed by atoms with Crippen molar-refractivity contribution >= 4 is 15.9 Å². The van der Waals surface area contributed by atoms with Crippen LogP contribution in [-0.4, -0.2) is 24.4 Å². The van der Waals surface area contributed by atoms with Gasteiger partial charge in [-0.1, -0.05) is 30.3 Å². The molecule has 4 nitrogen and oxygen atoms in total. The van der Waals surface area contributed by atoms with E-state index in [1.807, 2.05) is 49.4 Å². The Morgan fingerprint density at radius 3 is 2.54 bits per heavy atom. The third kappa shape index (κ3) is 5.82. The molecule has 0 aliphatic carbocycles. The molecule has 5 heteroatoms. The van der Waals surface area contributed by atoms with Gasteiger partial charge in [0.25, 0.3) is 0 Å². The molecule has 0 bridgehead atoms. The van der Waals surface area contributed by atoms with Crippen LogP contribution in [0.2, 0.25) is 0 Å². The molecule has 0 radical (unpaired) electrons. The van der Waals surface area contributed by atoms with E-state index in [4.69, 9.17) is 9.47 Å². The van der Waals surface area contributed by atoms with Crippen molar-refractivity contribution in [2.24, 2.45) is 0 Å². The van der Waals surface area contributed by atoms with E-state index >= 15 is 0 Å². The predicted octanol–water partition coefficient (Wildman–Crippen LogP) is 3.90. The highest BCUT2D eigenvalue weighted by Crippen LogP contribution is 2.37. The Kier molecular flexibility index (Phi) is 7.56. The van der Waals surface area contributed by atoms with Gasteiger partial charge in [0.15, 0.2) is 11.5 Å². The fraction of sp³-hybridized carbons (Fsp3) is 0.368. The zero-order chi connectivity index (χ0) is 17.4. The van der Waals surface area contributed by atoms with Gasteiger partial charge in [-0.3, -0.25) is 0 Å². The van der Waals surface area contributed by atoms with Gasteiger partial charge in [0.1, 0.15) is 6.61 Å². The molecular formula is C19H24BrNO3. The highest BCUT2D eigenvalue weighted by molar-refractivity contribution is 9.10. The molecule has 24 heavy (non-hydrogen) atoms. The molecule has 0 fully saturated rings. The maximum absolute atomic E-state index is 9.33. The Morgan fingerprint density at radius 2 is 1.88 bits per heavy atom. The Morgan fingerprint density at radius 1 is 1.12 bits per heavy atom. The van der Waals surface area contributed by atoms with Crippen LogP contribution in [0, 0.1) is 0 Å². The number of benzene rings is 2. The topological polar surface area (TPSA) is 50.7 Å². The summed E-state index contributed by atoms with van der Waals surface area (Å²) in [6.45, 7) is 5.97. The predicted molar refractivity (Wildman–Crippen MR) is 99.5 cm³/mol. The average molecular weight is 394 g/mol. The van der Waals surface area contributed by atoms with Crippen molar-refractivity contribution in [3.05, 3.63) is 58.1 Å². The van der Waals surface area contributed by atoms with Crippen LogP contribution in [0.3, 0.4) is 0 Å². The summed E-state index contributed by atoms with van der Waals surface area (Å²) >= 11 is 3.58. The highest BCUT2D eigenvalue weighted by atomic mass is 79.9. The van der Waals surface area contributed by atoms with E-state index in [1.165, 1.54) is 0 Å². The molecule has 0 heterocycles. The summed E-state index contributed by atoms with van der Waals surface area (Å²) in [5.41, 5.74) is 2.17. The fourth-order valence-electron chi connectivity index (χ4n) is 2.28. The number of aliphatic hydroxyl groups excluding tert-OH is 1. The maximum atomic E-state index is 9.33. The minimum atomic E-state index is -0.367. The van der Waals surface area contributed by atoms with Gasteiger partial charge in [-0.25, -0.2) is 0 Å². The third-order valence-electron chi connectivity index (χ3n) is 3.36. The van der Waals surface area contributed by atoms with E-state index < -0.39 is 0 Å².